The maximum Gasteiger partial charge on any atom is 0.306 e. The quantitative estimate of drug-likeness (QED) is 0.146. The maximum atomic E-state index is 12.0. The minimum absolute atomic E-state index is 0.0330. The predicted octanol–water partition coefficient (Wildman–Crippen LogP) is 3.02. The van der Waals surface area contributed by atoms with Gasteiger partial charge in [0.15, 0.2) is 6.10 Å². The van der Waals surface area contributed by atoms with E-state index in [0.717, 1.165) is 51.4 Å². The van der Waals surface area contributed by atoms with Crippen molar-refractivity contribution in [2.45, 2.75) is 121 Å². The molecule has 1 aliphatic heterocycles. The van der Waals surface area contributed by atoms with Crippen LogP contribution >= 0.6 is 0 Å². The van der Waals surface area contributed by atoms with Crippen molar-refractivity contribution in [1.82, 2.24) is 0 Å². The summed E-state index contributed by atoms with van der Waals surface area (Å²) in [6.45, 7) is 1.70. The number of ether oxygens (including phenoxy) is 2. The zero-order chi connectivity index (χ0) is 22.9. The van der Waals surface area contributed by atoms with Crippen LogP contribution in [0.25, 0.3) is 0 Å². The highest BCUT2D eigenvalue weighted by atomic mass is 16.6. The molecule has 31 heavy (non-hydrogen) atoms. The van der Waals surface area contributed by atoms with Gasteiger partial charge in [-0.15, -0.1) is 0 Å². The van der Waals surface area contributed by atoms with E-state index in [1.54, 1.807) is 0 Å². The van der Waals surface area contributed by atoms with Crippen LogP contribution in [0.2, 0.25) is 0 Å². The van der Waals surface area contributed by atoms with Gasteiger partial charge in [-0.25, -0.2) is 0 Å². The first-order valence-corrected chi connectivity index (χ1v) is 12.1. The lowest BCUT2D eigenvalue weighted by atomic mass is 10.1. The zero-order valence-electron chi connectivity index (χ0n) is 19.2. The van der Waals surface area contributed by atoms with Gasteiger partial charge < -0.3 is 29.9 Å². The molecule has 1 fully saturated rings. The van der Waals surface area contributed by atoms with Crippen LogP contribution in [0, 0.1) is 0 Å². The molecule has 0 aromatic rings. The minimum Gasteiger partial charge on any atom is -0.457 e. The van der Waals surface area contributed by atoms with Crippen molar-refractivity contribution in [3.05, 3.63) is 12.2 Å². The second-order valence-corrected chi connectivity index (χ2v) is 8.58. The number of aliphatic hydroxyl groups is 4. The third-order valence-corrected chi connectivity index (χ3v) is 5.74. The molecular formula is C24H44O7. The number of hydrogen-bond acceptors (Lipinski definition) is 7. The van der Waals surface area contributed by atoms with Gasteiger partial charge in [0.05, 0.1) is 19.3 Å². The molecule has 0 saturated carbocycles. The molecule has 0 aliphatic carbocycles. The molecule has 1 heterocycles. The second kappa shape index (κ2) is 17.6. The van der Waals surface area contributed by atoms with Crippen molar-refractivity contribution < 1.29 is 34.7 Å². The minimum atomic E-state index is -1.16. The third-order valence-electron chi connectivity index (χ3n) is 5.74. The van der Waals surface area contributed by atoms with Crippen LogP contribution in [0.3, 0.4) is 0 Å². The van der Waals surface area contributed by atoms with Crippen LogP contribution in [0.15, 0.2) is 12.2 Å². The molecule has 1 rings (SSSR count). The van der Waals surface area contributed by atoms with E-state index in [4.69, 9.17) is 9.47 Å². The Balaban J connectivity index is 1.99. The zero-order valence-corrected chi connectivity index (χ0v) is 19.2. The van der Waals surface area contributed by atoms with Gasteiger partial charge in [0, 0.05) is 6.42 Å². The molecule has 0 bridgehead atoms. The number of esters is 1. The lowest BCUT2D eigenvalue weighted by molar-refractivity contribution is -0.162. The summed E-state index contributed by atoms with van der Waals surface area (Å²) >= 11 is 0. The summed E-state index contributed by atoms with van der Waals surface area (Å²) < 4.78 is 10.4. The number of hydrogen-bond donors (Lipinski definition) is 4. The van der Waals surface area contributed by atoms with E-state index >= 15 is 0 Å². The number of aliphatic hydroxyl groups excluding tert-OH is 4. The van der Waals surface area contributed by atoms with Gasteiger partial charge in [0.1, 0.15) is 18.3 Å². The van der Waals surface area contributed by atoms with Crippen molar-refractivity contribution in [3.8, 4) is 0 Å². The molecule has 0 amide bonds. The molecule has 7 heteroatoms. The van der Waals surface area contributed by atoms with E-state index in [9.17, 15) is 25.2 Å². The van der Waals surface area contributed by atoms with Gasteiger partial charge in [-0.1, -0.05) is 64.0 Å². The molecule has 0 aromatic carbocycles. The summed E-state index contributed by atoms with van der Waals surface area (Å²) in [5, 5.41) is 38.6. The van der Waals surface area contributed by atoms with Crippen LogP contribution in [-0.2, 0) is 14.3 Å². The average molecular weight is 445 g/mol. The summed E-state index contributed by atoms with van der Waals surface area (Å²) in [6, 6.07) is 0. The SMILES string of the molecule is CCCCCC[C@@H](O)C/C=C\CCCCCCCC(=O)O[C@H](CO)C1OC[C@H](O)[C@H]1O. The predicted molar refractivity (Wildman–Crippen MR) is 120 cm³/mol. The van der Waals surface area contributed by atoms with Crippen LogP contribution in [0.1, 0.15) is 90.4 Å². The number of carbonyl (C=O) groups excluding carboxylic acids is 1. The smallest absolute Gasteiger partial charge is 0.306 e. The molecule has 4 N–H and O–H groups in total. The van der Waals surface area contributed by atoms with E-state index in [1.165, 1.54) is 19.3 Å². The molecule has 0 aromatic heterocycles. The van der Waals surface area contributed by atoms with E-state index in [-0.39, 0.29) is 19.1 Å². The largest absolute Gasteiger partial charge is 0.457 e. The fourth-order valence-corrected chi connectivity index (χ4v) is 3.75. The molecule has 182 valence electrons. The molecule has 5 atom stereocenters. The Kier molecular flexibility index (Phi) is 15.9. The average Bonchev–Trinajstić information content (AvgIpc) is 3.09. The van der Waals surface area contributed by atoms with Gasteiger partial charge in [0.25, 0.3) is 0 Å². The Labute approximate surface area is 187 Å². The van der Waals surface area contributed by atoms with Crippen molar-refractivity contribution in [2.75, 3.05) is 13.2 Å². The first kappa shape index (κ1) is 28.0. The van der Waals surface area contributed by atoms with Gasteiger partial charge in [-0.2, -0.15) is 0 Å². The Morgan fingerprint density at radius 1 is 1.06 bits per heavy atom. The Hall–Kier alpha value is -0.990. The van der Waals surface area contributed by atoms with E-state index < -0.39 is 37.0 Å². The van der Waals surface area contributed by atoms with Gasteiger partial charge in [0.2, 0.25) is 0 Å². The number of rotatable bonds is 18. The number of unbranched alkanes of at least 4 members (excludes halogenated alkanes) is 8. The first-order valence-electron chi connectivity index (χ1n) is 12.1. The fourth-order valence-electron chi connectivity index (χ4n) is 3.75. The van der Waals surface area contributed by atoms with Crippen molar-refractivity contribution >= 4 is 5.97 Å². The summed E-state index contributed by atoms with van der Waals surface area (Å²) in [4.78, 5) is 12.0. The van der Waals surface area contributed by atoms with Gasteiger partial charge in [-0.05, 0) is 32.1 Å². The summed E-state index contributed by atoms with van der Waals surface area (Å²) in [5.41, 5.74) is 0. The normalized spacial score (nSPS) is 23.3. The highest BCUT2D eigenvalue weighted by molar-refractivity contribution is 5.69. The third kappa shape index (κ3) is 12.6. The molecule has 0 radical (unpaired) electrons. The molecule has 0 spiro atoms. The first-order chi connectivity index (χ1) is 15.0. The molecule has 1 aliphatic rings. The lowest BCUT2D eigenvalue weighted by Gasteiger charge is -2.24. The van der Waals surface area contributed by atoms with Crippen LogP contribution < -0.4 is 0 Å². The van der Waals surface area contributed by atoms with Crippen molar-refractivity contribution in [3.63, 3.8) is 0 Å². The lowest BCUT2D eigenvalue weighted by Crippen LogP contribution is -2.43. The highest BCUT2D eigenvalue weighted by Crippen LogP contribution is 2.20. The Bertz CT molecular complexity index is 483. The number of carbonyl (C=O) groups is 1. The highest BCUT2D eigenvalue weighted by Gasteiger charge is 2.41. The number of allylic oxidation sites excluding steroid dienone is 1. The van der Waals surface area contributed by atoms with Crippen LogP contribution in [0.4, 0.5) is 0 Å². The van der Waals surface area contributed by atoms with Crippen molar-refractivity contribution in [1.29, 1.82) is 0 Å². The Morgan fingerprint density at radius 3 is 2.45 bits per heavy atom. The van der Waals surface area contributed by atoms with Crippen LogP contribution in [-0.4, -0.2) is 70.1 Å². The Morgan fingerprint density at radius 2 is 1.77 bits per heavy atom. The molecule has 7 nitrogen and oxygen atoms in total. The molecule has 1 saturated heterocycles. The van der Waals surface area contributed by atoms with E-state index in [0.29, 0.717) is 6.42 Å². The van der Waals surface area contributed by atoms with Gasteiger partial charge in [-0.3, -0.25) is 4.79 Å². The fraction of sp³-hybridized carbons (Fsp3) is 0.875. The topological polar surface area (TPSA) is 116 Å². The summed E-state index contributed by atoms with van der Waals surface area (Å²) in [7, 11) is 0. The summed E-state index contributed by atoms with van der Waals surface area (Å²) in [5.74, 6) is -0.424. The monoisotopic (exact) mass is 444 g/mol. The van der Waals surface area contributed by atoms with Gasteiger partial charge >= 0.3 is 5.97 Å². The van der Waals surface area contributed by atoms with Crippen LogP contribution in [0.5, 0.6) is 0 Å². The molecule has 1 unspecified atom stereocenters. The van der Waals surface area contributed by atoms with E-state index in [1.807, 2.05) is 0 Å². The second-order valence-electron chi connectivity index (χ2n) is 8.58. The maximum absolute atomic E-state index is 12.0. The molecular weight excluding hydrogens is 400 g/mol. The van der Waals surface area contributed by atoms with E-state index in [2.05, 4.69) is 19.1 Å². The standard InChI is InChI=1S/C24H44O7/c1-2-3-4-11-14-19(26)15-12-9-7-5-6-8-10-13-16-22(28)31-21(17-25)24-23(29)20(27)18-30-24/h9,12,19-21,23-27,29H,2-8,10-11,13-18H2,1H3/b12-9-/t19-,20+,21-,23-,24?/m1/s1. The van der Waals surface area contributed by atoms with Crippen molar-refractivity contribution in [2.24, 2.45) is 0 Å². The summed E-state index contributed by atoms with van der Waals surface area (Å²) in [6.07, 6.45) is 12.6.